The highest BCUT2D eigenvalue weighted by Crippen LogP contribution is 2.33. The van der Waals surface area contributed by atoms with Crippen molar-refractivity contribution in [3.05, 3.63) is 23.1 Å². The molecule has 3 rings (SSSR count). The maximum Gasteiger partial charge on any atom is 0.210 e. The van der Waals surface area contributed by atoms with Gasteiger partial charge < -0.3 is 5.32 Å². The van der Waals surface area contributed by atoms with Crippen LogP contribution in [0.5, 0.6) is 0 Å². The predicted octanol–water partition coefficient (Wildman–Crippen LogP) is 2.93. The summed E-state index contributed by atoms with van der Waals surface area (Å²) in [6, 6.07) is 2.97. The van der Waals surface area contributed by atoms with Crippen molar-refractivity contribution >= 4 is 22.3 Å². The zero-order chi connectivity index (χ0) is 14.8. The molecule has 1 N–H and O–H groups in total. The summed E-state index contributed by atoms with van der Waals surface area (Å²) in [5.41, 5.74) is 2.80. The van der Waals surface area contributed by atoms with Gasteiger partial charge in [0.15, 0.2) is 0 Å². The molecule has 0 spiro atoms. The van der Waals surface area contributed by atoms with Crippen LogP contribution in [0.25, 0.3) is 0 Å². The van der Waals surface area contributed by atoms with E-state index in [0.29, 0.717) is 12.1 Å². The van der Waals surface area contributed by atoms with Gasteiger partial charge in [-0.3, -0.25) is 4.90 Å². The first kappa shape index (κ1) is 14.3. The fourth-order valence-corrected chi connectivity index (χ4v) is 3.34. The Labute approximate surface area is 128 Å². The van der Waals surface area contributed by atoms with Crippen molar-refractivity contribution in [2.24, 2.45) is 0 Å². The predicted molar refractivity (Wildman–Crippen MR) is 83.8 cm³/mol. The second-order valence-electron chi connectivity index (χ2n) is 5.58. The smallest absolute Gasteiger partial charge is 0.210 e. The Balaban J connectivity index is 1.87. The van der Waals surface area contributed by atoms with Crippen molar-refractivity contribution in [2.45, 2.75) is 45.7 Å². The molecule has 0 aromatic carbocycles. The summed E-state index contributed by atoms with van der Waals surface area (Å²) >= 11 is 1.46. The van der Waals surface area contributed by atoms with E-state index in [-0.39, 0.29) is 0 Å². The monoisotopic (exact) mass is 304 g/mol. The van der Waals surface area contributed by atoms with Crippen molar-refractivity contribution < 1.29 is 0 Å². The lowest BCUT2D eigenvalue weighted by Crippen LogP contribution is -2.30. The molecule has 3 heterocycles. The van der Waals surface area contributed by atoms with Crippen molar-refractivity contribution in [1.29, 1.82) is 0 Å². The van der Waals surface area contributed by atoms with Gasteiger partial charge in [0, 0.05) is 12.1 Å². The van der Waals surface area contributed by atoms with Crippen LogP contribution >= 0.6 is 11.3 Å². The second-order valence-corrected chi connectivity index (χ2v) is 6.42. The van der Waals surface area contributed by atoms with Gasteiger partial charge >= 0.3 is 0 Å². The average molecular weight is 304 g/mol. The molecule has 7 heteroatoms. The van der Waals surface area contributed by atoms with Gasteiger partial charge in [0.1, 0.15) is 17.2 Å². The third-order valence-corrected chi connectivity index (χ3v) is 4.36. The Morgan fingerprint density at radius 1 is 1.38 bits per heavy atom. The summed E-state index contributed by atoms with van der Waals surface area (Å²) in [6.45, 7) is 7.56. The molecule has 0 amide bonds. The molecule has 0 unspecified atom stereocenters. The number of hydrogen-bond acceptors (Lipinski definition) is 7. The van der Waals surface area contributed by atoms with Crippen molar-refractivity contribution in [3.63, 3.8) is 0 Å². The molecule has 0 saturated carbocycles. The molecule has 0 bridgehead atoms. The first-order valence-corrected chi connectivity index (χ1v) is 8.16. The van der Waals surface area contributed by atoms with Gasteiger partial charge in [0.25, 0.3) is 0 Å². The maximum atomic E-state index is 4.65. The molecule has 2 aromatic rings. The van der Waals surface area contributed by atoms with E-state index < -0.39 is 0 Å². The molecule has 112 valence electrons. The molecule has 2 aromatic heterocycles. The summed E-state index contributed by atoms with van der Waals surface area (Å²) in [6.07, 6.45) is 2.39. The summed E-state index contributed by atoms with van der Waals surface area (Å²) in [5.74, 6) is 1.58. The molecular weight excluding hydrogens is 284 g/mol. The van der Waals surface area contributed by atoms with Crippen molar-refractivity contribution in [1.82, 2.24) is 25.1 Å². The molecular formula is C14H20N6S. The summed E-state index contributed by atoms with van der Waals surface area (Å²) in [7, 11) is 0. The Morgan fingerprint density at radius 2 is 2.24 bits per heavy atom. The van der Waals surface area contributed by atoms with Gasteiger partial charge in [-0.05, 0) is 40.2 Å². The highest BCUT2D eigenvalue weighted by atomic mass is 32.1. The number of likely N-dealkylation sites (tertiary alicyclic amines) is 1. The van der Waals surface area contributed by atoms with Crippen LogP contribution in [0.4, 0.5) is 10.9 Å². The largest absolute Gasteiger partial charge is 0.315 e. The highest BCUT2D eigenvalue weighted by molar-refractivity contribution is 7.13. The van der Waals surface area contributed by atoms with E-state index in [0.717, 1.165) is 35.4 Å². The molecule has 0 radical (unpaired) electrons. The van der Waals surface area contributed by atoms with Gasteiger partial charge in [-0.15, -0.1) is 10.2 Å². The van der Waals surface area contributed by atoms with Crippen LogP contribution in [-0.2, 0) is 0 Å². The van der Waals surface area contributed by atoms with E-state index in [4.69, 9.17) is 0 Å². The molecule has 1 saturated heterocycles. The maximum absolute atomic E-state index is 4.65. The van der Waals surface area contributed by atoms with E-state index in [1.165, 1.54) is 17.8 Å². The van der Waals surface area contributed by atoms with Crippen molar-refractivity contribution in [3.8, 4) is 0 Å². The number of hydrogen-bond donors (Lipinski definition) is 1. The Kier molecular flexibility index (Phi) is 4.12. The fourth-order valence-electron chi connectivity index (χ4n) is 2.89. The molecule has 0 aliphatic carbocycles. The fraction of sp³-hybridized carbons (Fsp3) is 0.571. The molecule has 1 atom stereocenters. The number of nitrogens with one attached hydrogen (secondary N) is 1. The van der Waals surface area contributed by atoms with Crippen LogP contribution in [0.15, 0.2) is 11.6 Å². The third-order valence-electron chi connectivity index (χ3n) is 3.75. The molecule has 6 nitrogen and oxygen atoms in total. The van der Waals surface area contributed by atoms with Crippen LogP contribution in [-0.4, -0.2) is 37.7 Å². The van der Waals surface area contributed by atoms with Crippen LogP contribution in [0.1, 0.15) is 44.2 Å². The molecule has 1 aliphatic rings. The minimum Gasteiger partial charge on any atom is -0.315 e. The summed E-state index contributed by atoms with van der Waals surface area (Å²) < 4.78 is 0. The lowest BCUT2D eigenvalue weighted by molar-refractivity contribution is 0.202. The van der Waals surface area contributed by atoms with Crippen LogP contribution in [0.2, 0.25) is 0 Å². The van der Waals surface area contributed by atoms with Gasteiger partial charge in [-0.2, -0.15) is 0 Å². The number of anilines is 2. The van der Waals surface area contributed by atoms with E-state index in [2.05, 4.69) is 44.2 Å². The van der Waals surface area contributed by atoms with Gasteiger partial charge in [0.05, 0.1) is 11.7 Å². The Bertz CT molecular complexity index is 598. The highest BCUT2D eigenvalue weighted by Gasteiger charge is 2.29. The first-order chi connectivity index (χ1) is 10.1. The quantitative estimate of drug-likeness (QED) is 0.937. The Morgan fingerprint density at radius 3 is 2.95 bits per heavy atom. The van der Waals surface area contributed by atoms with Crippen LogP contribution < -0.4 is 5.32 Å². The minimum atomic E-state index is 0.390. The van der Waals surface area contributed by atoms with E-state index in [9.17, 15) is 0 Å². The van der Waals surface area contributed by atoms with Gasteiger partial charge in [-0.1, -0.05) is 11.3 Å². The van der Waals surface area contributed by atoms with Gasteiger partial charge in [0.2, 0.25) is 5.13 Å². The van der Waals surface area contributed by atoms with E-state index in [1.54, 1.807) is 5.51 Å². The second kappa shape index (κ2) is 6.03. The zero-order valence-electron chi connectivity index (χ0n) is 12.6. The number of nitrogens with zero attached hydrogens (tertiary/aromatic N) is 5. The standard InChI is InChI=1S/C14H20N6S/c1-9(2)20-6-4-5-12(20)11-7-13(17-10(3)16-11)18-14-19-15-8-21-14/h7-9,12H,4-6H2,1-3H3,(H,16,17,18,19)/t12-/m1/s1. The van der Waals surface area contributed by atoms with Crippen LogP contribution in [0, 0.1) is 6.92 Å². The summed E-state index contributed by atoms with van der Waals surface area (Å²) in [5, 5.41) is 11.8. The Hall–Kier alpha value is -1.60. The number of rotatable bonds is 4. The third kappa shape index (κ3) is 3.19. The van der Waals surface area contributed by atoms with Crippen molar-refractivity contribution in [2.75, 3.05) is 11.9 Å². The topological polar surface area (TPSA) is 66.8 Å². The van der Waals surface area contributed by atoms with E-state index >= 15 is 0 Å². The van der Waals surface area contributed by atoms with E-state index in [1.807, 2.05) is 13.0 Å². The van der Waals surface area contributed by atoms with Crippen LogP contribution in [0.3, 0.4) is 0 Å². The number of aryl methyl sites for hydroxylation is 1. The lowest BCUT2D eigenvalue weighted by atomic mass is 10.1. The molecule has 1 aliphatic heterocycles. The first-order valence-electron chi connectivity index (χ1n) is 7.28. The zero-order valence-corrected chi connectivity index (χ0v) is 13.4. The molecule has 21 heavy (non-hydrogen) atoms. The number of aromatic nitrogens is 4. The molecule has 1 fully saturated rings. The SMILES string of the molecule is Cc1nc(Nc2nncs2)cc([C@H]2CCCN2C(C)C)n1. The average Bonchev–Trinajstić information content (AvgIpc) is 3.08. The normalized spacial score (nSPS) is 19.3. The van der Waals surface area contributed by atoms with Gasteiger partial charge in [-0.25, -0.2) is 9.97 Å². The summed E-state index contributed by atoms with van der Waals surface area (Å²) in [4.78, 5) is 11.6. The lowest BCUT2D eigenvalue weighted by Gasteiger charge is -2.28. The minimum absolute atomic E-state index is 0.390.